The number of nitrogens with zero attached hydrogens (tertiary/aromatic N) is 2. The molecule has 3 nitrogen and oxygen atoms in total. The van der Waals surface area contributed by atoms with Gasteiger partial charge in [-0.05, 0) is 42.3 Å². The van der Waals surface area contributed by atoms with Crippen LogP contribution in [0.4, 0.5) is 30.7 Å². The van der Waals surface area contributed by atoms with E-state index in [2.05, 4.69) is 4.98 Å². The summed E-state index contributed by atoms with van der Waals surface area (Å²) in [6.07, 6.45) is -11.4. The summed E-state index contributed by atoms with van der Waals surface area (Å²) in [6, 6.07) is 3.01. The lowest BCUT2D eigenvalue weighted by atomic mass is 10.1. The third-order valence-electron chi connectivity index (χ3n) is 2.95. The topological polar surface area (TPSA) is 36.4 Å². The van der Waals surface area contributed by atoms with Crippen LogP contribution in [0.2, 0.25) is 5.02 Å². The number of rotatable bonds is 4. The molecule has 0 amide bonds. The molecule has 28 heavy (non-hydrogen) atoms. The number of hydrogen-bond donors (Lipinski definition) is 1. The Bertz CT molecular complexity index is 737. The zero-order valence-electron chi connectivity index (χ0n) is 14.3. The SMILES string of the molecule is CC.ON(Sc1cc(C(F)(F)F)cc(C(F)(F)F)c1)C(F)c1ccc(Cl)cn1. The molecule has 1 aromatic heterocycles. The maximum atomic E-state index is 14.1. The van der Waals surface area contributed by atoms with Crippen molar-refractivity contribution in [3.05, 3.63) is 58.4 Å². The first kappa shape index (κ1) is 24.5. The minimum atomic E-state index is -5.05. The molecule has 0 aliphatic rings. The molecule has 0 radical (unpaired) electrons. The molecule has 0 spiro atoms. The smallest absolute Gasteiger partial charge is 0.300 e. The summed E-state index contributed by atoms with van der Waals surface area (Å²) in [4.78, 5) is 2.91. The van der Waals surface area contributed by atoms with Crippen LogP contribution in [0.5, 0.6) is 0 Å². The van der Waals surface area contributed by atoms with E-state index in [-0.39, 0.29) is 33.2 Å². The third-order valence-corrected chi connectivity index (χ3v) is 3.99. The van der Waals surface area contributed by atoms with E-state index in [1.165, 1.54) is 6.07 Å². The van der Waals surface area contributed by atoms with Gasteiger partial charge in [0.1, 0.15) is 0 Å². The number of aromatic nitrogens is 1. The number of alkyl halides is 7. The average molecular weight is 451 g/mol. The van der Waals surface area contributed by atoms with Crippen molar-refractivity contribution in [1.82, 2.24) is 9.45 Å². The minimum absolute atomic E-state index is 0.0478. The summed E-state index contributed by atoms with van der Waals surface area (Å²) >= 11 is 5.52. The Balaban J connectivity index is 0.00000190. The van der Waals surface area contributed by atoms with E-state index in [1.807, 2.05) is 13.8 Å². The number of benzene rings is 1. The van der Waals surface area contributed by atoms with Crippen molar-refractivity contribution < 1.29 is 35.9 Å². The predicted molar refractivity (Wildman–Crippen MR) is 90.4 cm³/mol. The molecule has 1 aromatic carbocycles. The van der Waals surface area contributed by atoms with Crippen molar-refractivity contribution in [2.24, 2.45) is 0 Å². The van der Waals surface area contributed by atoms with Gasteiger partial charge in [-0.25, -0.2) is 4.39 Å². The van der Waals surface area contributed by atoms with Gasteiger partial charge in [-0.15, -0.1) is 0 Å². The zero-order valence-corrected chi connectivity index (χ0v) is 15.9. The van der Waals surface area contributed by atoms with Crippen LogP contribution in [0.1, 0.15) is 37.0 Å². The molecule has 0 saturated heterocycles. The number of hydrogen-bond acceptors (Lipinski definition) is 4. The fourth-order valence-corrected chi connectivity index (χ4v) is 2.66. The highest BCUT2D eigenvalue weighted by atomic mass is 35.5. The van der Waals surface area contributed by atoms with Gasteiger partial charge in [-0.2, -0.15) is 26.3 Å². The highest BCUT2D eigenvalue weighted by molar-refractivity contribution is 7.96. The normalized spacial score (nSPS) is 13.1. The quantitative estimate of drug-likeness (QED) is 0.232. The van der Waals surface area contributed by atoms with Crippen LogP contribution < -0.4 is 0 Å². The molecule has 0 bridgehead atoms. The summed E-state index contributed by atoms with van der Waals surface area (Å²) in [5.41, 5.74) is -3.50. The van der Waals surface area contributed by atoms with Gasteiger partial charge in [0.05, 0.1) is 21.8 Å². The van der Waals surface area contributed by atoms with Crippen LogP contribution in [0.25, 0.3) is 0 Å². The van der Waals surface area contributed by atoms with E-state index in [0.29, 0.717) is 12.1 Å². The summed E-state index contributed by atoms with van der Waals surface area (Å²) in [7, 11) is 0. The summed E-state index contributed by atoms with van der Waals surface area (Å²) in [5.74, 6) is 0. The second-order valence-electron chi connectivity index (χ2n) is 4.87. The highest BCUT2D eigenvalue weighted by Gasteiger charge is 2.37. The van der Waals surface area contributed by atoms with Gasteiger partial charge < -0.3 is 0 Å². The Morgan fingerprint density at radius 2 is 1.50 bits per heavy atom. The molecule has 1 heterocycles. The van der Waals surface area contributed by atoms with E-state index in [0.717, 1.165) is 12.3 Å². The maximum absolute atomic E-state index is 14.1. The van der Waals surface area contributed by atoms with Crippen molar-refractivity contribution in [1.29, 1.82) is 0 Å². The molecule has 1 N–H and O–H groups in total. The van der Waals surface area contributed by atoms with E-state index < -0.39 is 34.7 Å². The molecule has 0 fully saturated rings. The van der Waals surface area contributed by atoms with Crippen LogP contribution >= 0.6 is 23.5 Å². The van der Waals surface area contributed by atoms with Gasteiger partial charge in [0, 0.05) is 11.1 Å². The Kier molecular flexibility index (Phi) is 8.54. The van der Waals surface area contributed by atoms with E-state index >= 15 is 0 Å². The van der Waals surface area contributed by atoms with Crippen LogP contribution in [-0.2, 0) is 12.4 Å². The van der Waals surface area contributed by atoms with Crippen molar-refractivity contribution >= 4 is 23.5 Å². The lowest BCUT2D eigenvalue weighted by molar-refractivity contribution is -0.143. The molecule has 0 aliphatic heterocycles. The molecule has 2 aromatic rings. The Hall–Kier alpha value is -1.56. The fraction of sp³-hybridized carbons (Fsp3) is 0.312. The average Bonchev–Trinajstić information content (AvgIpc) is 2.61. The van der Waals surface area contributed by atoms with Crippen molar-refractivity contribution in [2.75, 3.05) is 0 Å². The zero-order chi connectivity index (χ0) is 21.7. The highest BCUT2D eigenvalue weighted by Crippen LogP contribution is 2.40. The van der Waals surface area contributed by atoms with Gasteiger partial charge >= 0.3 is 12.4 Å². The van der Waals surface area contributed by atoms with Crippen molar-refractivity contribution in [2.45, 2.75) is 37.4 Å². The minimum Gasteiger partial charge on any atom is -0.300 e. The lowest BCUT2D eigenvalue weighted by Crippen LogP contribution is -2.16. The molecule has 0 saturated carbocycles. The molecule has 156 valence electrons. The third kappa shape index (κ3) is 6.80. The fourth-order valence-electron chi connectivity index (χ4n) is 1.77. The number of halogens is 8. The van der Waals surface area contributed by atoms with Crippen LogP contribution in [0.15, 0.2) is 41.4 Å². The Labute approximate surface area is 165 Å². The molecule has 1 atom stereocenters. The maximum Gasteiger partial charge on any atom is 0.416 e. The summed E-state index contributed by atoms with van der Waals surface area (Å²) in [5, 5.41) is 9.84. The van der Waals surface area contributed by atoms with Gasteiger partial charge in [0.15, 0.2) is 0 Å². The lowest BCUT2D eigenvalue weighted by Gasteiger charge is -2.19. The standard InChI is InChI=1S/C14H8ClF7N2OS.C2H6/c15-9-1-2-11(23-6-9)12(16)24(25)26-10-4-7(13(17,18)19)3-8(5-10)14(20,21)22;1-2/h1-6,12,25H;1-2H3. The number of pyridine rings is 1. The van der Waals surface area contributed by atoms with Crippen molar-refractivity contribution in [3.8, 4) is 0 Å². The molecule has 2 rings (SSSR count). The first-order valence-electron chi connectivity index (χ1n) is 7.59. The predicted octanol–water partition coefficient (Wildman–Crippen LogP) is 7.17. The first-order chi connectivity index (χ1) is 12.9. The second kappa shape index (κ2) is 9.77. The molecule has 12 heteroatoms. The molecular weight excluding hydrogens is 437 g/mol. The van der Waals surface area contributed by atoms with Crippen molar-refractivity contribution in [3.63, 3.8) is 0 Å². The largest absolute Gasteiger partial charge is 0.416 e. The molecule has 1 unspecified atom stereocenters. The van der Waals surface area contributed by atoms with Gasteiger partial charge in [0.25, 0.3) is 0 Å². The second-order valence-corrected chi connectivity index (χ2v) is 6.34. The van der Waals surface area contributed by atoms with Crippen LogP contribution in [0.3, 0.4) is 0 Å². The molecular formula is C16H14ClF7N2OS. The van der Waals surface area contributed by atoms with Gasteiger partial charge in [0.2, 0.25) is 6.30 Å². The van der Waals surface area contributed by atoms with E-state index in [9.17, 15) is 35.9 Å². The first-order valence-corrected chi connectivity index (χ1v) is 8.74. The Morgan fingerprint density at radius 3 is 1.89 bits per heavy atom. The number of hydroxylamine groups is 1. The molecule has 0 aliphatic carbocycles. The van der Waals surface area contributed by atoms with Crippen LogP contribution in [-0.4, -0.2) is 14.7 Å². The van der Waals surface area contributed by atoms with E-state index in [1.54, 1.807) is 0 Å². The summed E-state index contributed by atoms with van der Waals surface area (Å²) in [6.45, 7) is 4.00. The monoisotopic (exact) mass is 450 g/mol. The van der Waals surface area contributed by atoms with Gasteiger partial charge in [-0.3, -0.25) is 10.2 Å². The van der Waals surface area contributed by atoms with E-state index in [4.69, 9.17) is 11.6 Å². The summed E-state index contributed by atoms with van der Waals surface area (Å²) < 4.78 is 90.7. The van der Waals surface area contributed by atoms with Gasteiger partial charge in [-0.1, -0.05) is 29.9 Å². The van der Waals surface area contributed by atoms with Crippen LogP contribution in [0, 0.1) is 0 Å². The Morgan fingerprint density at radius 1 is 1.00 bits per heavy atom.